The van der Waals surface area contributed by atoms with Crippen molar-refractivity contribution in [1.82, 2.24) is 25.4 Å². The Morgan fingerprint density at radius 2 is 1.97 bits per heavy atom. The molecule has 0 atom stereocenters. The molecule has 0 aliphatic carbocycles. The number of anilines is 2. The zero-order valence-electron chi connectivity index (χ0n) is 21.0. The number of allylic oxidation sites excluding steroid dienone is 2. The van der Waals surface area contributed by atoms with Crippen LogP contribution < -0.4 is 15.5 Å². The van der Waals surface area contributed by atoms with Crippen molar-refractivity contribution in [3.8, 4) is 0 Å². The van der Waals surface area contributed by atoms with Gasteiger partial charge in [-0.25, -0.2) is 4.98 Å². The first-order valence-corrected chi connectivity index (χ1v) is 12.5. The largest absolute Gasteiger partial charge is 0.378 e. The second kappa shape index (κ2) is 11.4. The number of benzene rings is 1. The Bertz CT molecular complexity index is 1320. The van der Waals surface area contributed by atoms with Gasteiger partial charge in [-0.2, -0.15) is 5.10 Å². The number of aliphatic imine (C=N–C) groups is 1. The lowest BCUT2D eigenvalue weighted by molar-refractivity contribution is 0.0553. The van der Waals surface area contributed by atoms with E-state index in [-0.39, 0.29) is 5.91 Å². The molecule has 2 aromatic heterocycles. The standard InChI is InChI=1S/C27H32N8O2/c1-19(15-22(18-28-2)34-11-13-37-14-12-34)20-3-5-24-23(16-20)26(33-32-24)27(36)31-21-4-6-25(30-17-21)35-9-7-29-8-10-35/h3-6,15-18,29H,2,7-14H2,1H3,(H,31,36)(H,32,33)/b19-15+,22-18+. The third kappa shape index (κ3) is 5.71. The van der Waals surface area contributed by atoms with Crippen LogP contribution in [0.4, 0.5) is 11.5 Å². The number of carbonyl (C=O) groups is 1. The molecule has 10 nitrogen and oxygen atoms in total. The van der Waals surface area contributed by atoms with Gasteiger partial charge in [-0.05, 0) is 55.1 Å². The molecule has 2 fully saturated rings. The summed E-state index contributed by atoms with van der Waals surface area (Å²) in [5.41, 5.74) is 4.79. The van der Waals surface area contributed by atoms with Gasteiger partial charge in [0.05, 0.1) is 36.3 Å². The number of fused-ring (bicyclic) bond motifs is 1. The molecule has 37 heavy (non-hydrogen) atoms. The van der Waals surface area contributed by atoms with Crippen LogP contribution in [-0.2, 0) is 4.74 Å². The molecule has 3 aromatic rings. The van der Waals surface area contributed by atoms with Gasteiger partial charge in [-0.1, -0.05) is 6.07 Å². The third-order valence-corrected chi connectivity index (χ3v) is 6.64. The Balaban J connectivity index is 1.34. The first-order chi connectivity index (χ1) is 18.1. The first kappa shape index (κ1) is 24.7. The second-order valence-electron chi connectivity index (χ2n) is 9.09. The average molecular weight is 501 g/mol. The maximum absolute atomic E-state index is 13.1. The maximum Gasteiger partial charge on any atom is 0.276 e. The highest BCUT2D eigenvalue weighted by molar-refractivity contribution is 6.11. The number of hydrogen-bond acceptors (Lipinski definition) is 8. The van der Waals surface area contributed by atoms with Gasteiger partial charge in [0.1, 0.15) is 5.82 Å². The van der Waals surface area contributed by atoms with Gasteiger partial charge in [0, 0.05) is 50.9 Å². The van der Waals surface area contributed by atoms with Gasteiger partial charge in [-0.15, -0.1) is 0 Å². The number of morpholine rings is 1. The number of pyridine rings is 1. The van der Waals surface area contributed by atoms with Crippen LogP contribution in [0.3, 0.4) is 0 Å². The molecule has 3 N–H and O–H groups in total. The lowest BCUT2D eigenvalue weighted by Gasteiger charge is -2.29. The minimum Gasteiger partial charge on any atom is -0.378 e. The number of carbonyl (C=O) groups excluding carboxylic acids is 1. The van der Waals surface area contributed by atoms with Crippen molar-refractivity contribution < 1.29 is 9.53 Å². The Morgan fingerprint density at radius 3 is 2.70 bits per heavy atom. The molecule has 192 valence electrons. The lowest BCUT2D eigenvalue weighted by atomic mass is 10.0. The SMILES string of the molecule is C=N/C=C(\C=C(/C)c1ccc2[nH]nc(C(=O)Nc3ccc(N4CCNCC4)nc3)c2c1)N1CCOCC1. The highest BCUT2D eigenvalue weighted by Crippen LogP contribution is 2.25. The average Bonchev–Trinajstić information content (AvgIpc) is 3.38. The summed E-state index contributed by atoms with van der Waals surface area (Å²) in [6.07, 6.45) is 5.55. The molecule has 1 aromatic carbocycles. The zero-order valence-corrected chi connectivity index (χ0v) is 21.0. The number of piperazine rings is 1. The maximum atomic E-state index is 13.1. The van der Waals surface area contributed by atoms with E-state index >= 15 is 0 Å². The van der Waals surface area contributed by atoms with E-state index in [1.807, 2.05) is 37.3 Å². The monoisotopic (exact) mass is 500 g/mol. The minimum absolute atomic E-state index is 0.286. The number of hydrogen-bond donors (Lipinski definition) is 3. The summed E-state index contributed by atoms with van der Waals surface area (Å²) < 4.78 is 5.48. The second-order valence-corrected chi connectivity index (χ2v) is 9.09. The Kier molecular flexibility index (Phi) is 7.57. The molecule has 0 radical (unpaired) electrons. The van der Waals surface area contributed by atoms with E-state index in [0.29, 0.717) is 24.6 Å². The van der Waals surface area contributed by atoms with Crippen LogP contribution >= 0.6 is 0 Å². The highest BCUT2D eigenvalue weighted by Gasteiger charge is 2.17. The number of ether oxygens (including phenoxy) is 1. The summed E-state index contributed by atoms with van der Waals surface area (Å²) in [6, 6.07) is 9.77. The van der Waals surface area contributed by atoms with Gasteiger partial charge in [0.2, 0.25) is 0 Å². The zero-order chi connectivity index (χ0) is 25.6. The van der Waals surface area contributed by atoms with Crippen molar-refractivity contribution in [3.63, 3.8) is 0 Å². The number of nitrogens with zero attached hydrogens (tertiary/aromatic N) is 5. The van der Waals surface area contributed by atoms with Crippen molar-refractivity contribution >= 4 is 40.6 Å². The summed E-state index contributed by atoms with van der Waals surface area (Å²) in [4.78, 5) is 26.1. The lowest BCUT2D eigenvalue weighted by Crippen LogP contribution is -2.43. The number of H-pyrrole nitrogens is 1. The van der Waals surface area contributed by atoms with E-state index < -0.39 is 0 Å². The smallest absolute Gasteiger partial charge is 0.276 e. The highest BCUT2D eigenvalue weighted by atomic mass is 16.5. The topological polar surface area (TPSA) is 111 Å². The van der Waals surface area contributed by atoms with E-state index in [9.17, 15) is 4.79 Å². The predicted octanol–water partition coefficient (Wildman–Crippen LogP) is 2.90. The van der Waals surface area contributed by atoms with Crippen LogP contribution in [0.25, 0.3) is 16.5 Å². The van der Waals surface area contributed by atoms with Crippen molar-refractivity contribution in [2.45, 2.75) is 6.92 Å². The normalized spacial score (nSPS) is 17.2. The fourth-order valence-electron chi connectivity index (χ4n) is 4.59. The van der Waals surface area contributed by atoms with Crippen molar-refractivity contribution in [1.29, 1.82) is 0 Å². The van der Waals surface area contributed by atoms with E-state index in [2.05, 4.69) is 53.4 Å². The van der Waals surface area contributed by atoms with Gasteiger partial charge >= 0.3 is 0 Å². The molecule has 0 spiro atoms. The summed E-state index contributed by atoms with van der Waals surface area (Å²) in [5, 5.41) is 14.3. The molecule has 5 rings (SSSR count). The van der Waals surface area contributed by atoms with Crippen LogP contribution in [0.15, 0.2) is 59.5 Å². The predicted molar refractivity (Wildman–Crippen MR) is 147 cm³/mol. The van der Waals surface area contributed by atoms with Crippen molar-refractivity contribution in [2.75, 3.05) is 62.7 Å². The van der Waals surface area contributed by atoms with E-state index in [1.165, 1.54) is 0 Å². The molecule has 2 saturated heterocycles. The summed E-state index contributed by atoms with van der Waals surface area (Å²) in [5.74, 6) is 0.625. The molecular formula is C27H32N8O2. The fourth-order valence-corrected chi connectivity index (χ4v) is 4.59. The number of aromatic amines is 1. The molecule has 0 saturated carbocycles. The molecule has 0 bridgehead atoms. The van der Waals surface area contributed by atoms with E-state index in [0.717, 1.165) is 72.8 Å². The molecule has 2 aliphatic rings. The quantitative estimate of drug-likeness (QED) is 0.338. The summed E-state index contributed by atoms with van der Waals surface area (Å²) >= 11 is 0. The Labute approximate surface area is 216 Å². The molecular weight excluding hydrogens is 468 g/mol. The van der Waals surface area contributed by atoms with Crippen LogP contribution in [0, 0.1) is 0 Å². The summed E-state index contributed by atoms with van der Waals surface area (Å²) in [7, 11) is 0. The van der Waals surface area contributed by atoms with Crippen LogP contribution in [0.1, 0.15) is 23.0 Å². The molecule has 10 heteroatoms. The number of amides is 1. The molecule has 1 amide bonds. The van der Waals surface area contributed by atoms with Gasteiger partial charge in [-0.3, -0.25) is 14.9 Å². The van der Waals surface area contributed by atoms with E-state index in [4.69, 9.17) is 4.74 Å². The van der Waals surface area contributed by atoms with Crippen LogP contribution in [0.5, 0.6) is 0 Å². The number of aromatic nitrogens is 3. The first-order valence-electron chi connectivity index (χ1n) is 12.5. The van der Waals surface area contributed by atoms with Crippen LogP contribution in [-0.4, -0.2) is 85.2 Å². The molecule has 0 unspecified atom stereocenters. The molecule has 4 heterocycles. The molecule has 2 aliphatic heterocycles. The summed E-state index contributed by atoms with van der Waals surface area (Å²) in [6.45, 7) is 12.4. The van der Waals surface area contributed by atoms with E-state index in [1.54, 1.807) is 12.4 Å². The van der Waals surface area contributed by atoms with Gasteiger partial charge in [0.15, 0.2) is 5.69 Å². The van der Waals surface area contributed by atoms with Crippen molar-refractivity contribution in [2.24, 2.45) is 4.99 Å². The fraction of sp³-hybridized carbons (Fsp3) is 0.333. The number of nitrogens with one attached hydrogen (secondary N) is 3. The van der Waals surface area contributed by atoms with Crippen LogP contribution in [0.2, 0.25) is 0 Å². The minimum atomic E-state index is -0.286. The third-order valence-electron chi connectivity index (χ3n) is 6.64. The van der Waals surface area contributed by atoms with Gasteiger partial charge < -0.3 is 25.2 Å². The number of rotatable bonds is 7. The van der Waals surface area contributed by atoms with Crippen molar-refractivity contribution in [3.05, 3.63) is 65.8 Å². The Morgan fingerprint density at radius 1 is 1.16 bits per heavy atom. The Hall–Kier alpha value is -4.02. The van der Waals surface area contributed by atoms with Gasteiger partial charge in [0.25, 0.3) is 5.91 Å².